The maximum absolute atomic E-state index is 12.7. The van der Waals surface area contributed by atoms with Crippen LogP contribution in [0.15, 0.2) is 12.1 Å². The average Bonchev–Trinajstić information content (AvgIpc) is 1.96. The first-order valence-electron chi connectivity index (χ1n) is 2.98. The molecule has 1 aromatic rings. The molecule has 0 saturated heterocycles. The lowest BCUT2D eigenvalue weighted by Crippen LogP contribution is -1.99. The summed E-state index contributed by atoms with van der Waals surface area (Å²) in [5, 5.41) is 0.550. The molecule has 1 nitrogen and oxygen atoms in total. The van der Waals surface area contributed by atoms with E-state index < -0.39 is 0 Å². The lowest BCUT2D eigenvalue weighted by Gasteiger charge is -2.02. The van der Waals surface area contributed by atoms with Crippen molar-refractivity contribution in [3.05, 3.63) is 32.1 Å². The monoisotopic (exact) mass is 285 g/mol. The maximum Gasteiger partial charge on any atom is 0.124 e. The molecule has 0 fully saturated rings. The zero-order chi connectivity index (χ0) is 8.43. The van der Waals surface area contributed by atoms with Crippen molar-refractivity contribution in [1.82, 2.24) is 0 Å². The molecule has 0 aliphatic heterocycles. The Morgan fingerprint density at radius 3 is 2.73 bits per heavy atom. The van der Waals surface area contributed by atoms with Crippen LogP contribution in [-0.4, -0.2) is 0 Å². The third kappa shape index (κ3) is 2.04. The fourth-order valence-electron chi connectivity index (χ4n) is 0.758. The van der Waals surface area contributed by atoms with Crippen LogP contribution in [0.5, 0.6) is 0 Å². The third-order valence-corrected chi connectivity index (χ3v) is 2.90. The first kappa shape index (κ1) is 9.22. The van der Waals surface area contributed by atoms with Crippen molar-refractivity contribution in [3.8, 4) is 0 Å². The van der Waals surface area contributed by atoms with E-state index >= 15 is 0 Å². The zero-order valence-electron chi connectivity index (χ0n) is 5.57. The van der Waals surface area contributed by atoms with Gasteiger partial charge in [-0.25, -0.2) is 4.39 Å². The standard InChI is InChI=1S/C7H6ClFIN/c8-7-4(3-11)1-5(9)2-6(7)10/h1-2H,3,11H2. The van der Waals surface area contributed by atoms with Gasteiger partial charge in [0.25, 0.3) is 0 Å². The molecule has 2 N–H and O–H groups in total. The van der Waals surface area contributed by atoms with Gasteiger partial charge in [0.05, 0.1) is 5.02 Å². The van der Waals surface area contributed by atoms with Gasteiger partial charge in [0.1, 0.15) is 5.82 Å². The molecule has 60 valence electrons. The van der Waals surface area contributed by atoms with Crippen molar-refractivity contribution >= 4 is 34.2 Å². The largest absolute Gasteiger partial charge is 0.326 e. The number of rotatable bonds is 1. The van der Waals surface area contributed by atoms with E-state index in [-0.39, 0.29) is 12.4 Å². The van der Waals surface area contributed by atoms with Crippen molar-refractivity contribution in [3.63, 3.8) is 0 Å². The summed E-state index contributed by atoms with van der Waals surface area (Å²) in [6.45, 7) is 0.270. The number of hydrogen-bond acceptors (Lipinski definition) is 1. The normalized spacial score (nSPS) is 10.2. The summed E-state index contributed by atoms with van der Waals surface area (Å²) in [7, 11) is 0. The second-order valence-electron chi connectivity index (χ2n) is 2.06. The molecular formula is C7H6ClFIN. The smallest absolute Gasteiger partial charge is 0.124 e. The Bertz CT molecular complexity index is 277. The average molecular weight is 285 g/mol. The van der Waals surface area contributed by atoms with Gasteiger partial charge in [-0.2, -0.15) is 0 Å². The molecule has 0 amide bonds. The van der Waals surface area contributed by atoms with E-state index in [1.807, 2.05) is 22.6 Å². The number of hydrogen-bond donors (Lipinski definition) is 1. The molecule has 1 rings (SSSR count). The first-order chi connectivity index (χ1) is 5.15. The van der Waals surface area contributed by atoms with Crippen molar-refractivity contribution in [2.24, 2.45) is 5.73 Å². The molecule has 11 heavy (non-hydrogen) atoms. The van der Waals surface area contributed by atoms with Crippen LogP contribution < -0.4 is 5.73 Å². The summed E-state index contributed by atoms with van der Waals surface area (Å²) < 4.78 is 13.4. The number of benzene rings is 1. The molecular weight excluding hydrogens is 279 g/mol. The lowest BCUT2D eigenvalue weighted by atomic mass is 10.2. The summed E-state index contributed by atoms with van der Waals surface area (Å²) in [5.41, 5.74) is 5.98. The van der Waals surface area contributed by atoms with Crippen LogP contribution in [-0.2, 0) is 6.54 Å². The lowest BCUT2D eigenvalue weighted by molar-refractivity contribution is 0.624. The molecule has 0 aliphatic carbocycles. The van der Waals surface area contributed by atoms with Gasteiger partial charge in [-0.05, 0) is 40.3 Å². The Kier molecular flexibility index (Phi) is 3.09. The molecule has 0 aliphatic rings. The number of halogens is 3. The molecule has 0 atom stereocenters. The minimum absolute atomic E-state index is 0.270. The van der Waals surface area contributed by atoms with Gasteiger partial charge in [0.15, 0.2) is 0 Å². The topological polar surface area (TPSA) is 26.0 Å². The highest BCUT2D eigenvalue weighted by Gasteiger charge is 2.04. The van der Waals surface area contributed by atoms with E-state index in [0.717, 1.165) is 0 Å². The van der Waals surface area contributed by atoms with Gasteiger partial charge in [-0.3, -0.25) is 0 Å². The Morgan fingerprint density at radius 2 is 2.18 bits per heavy atom. The van der Waals surface area contributed by atoms with Gasteiger partial charge in [0.2, 0.25) is 0 Å². The molecule has 4 heteroatoms. The van der Waals surface area contributed by atoms with Crippen LogP contribution in [0, 0.1) is 9.39 Å². The van der Waals surface area contributed by atoms with Gasteiger partial charge in [-0.15, -0.1) is 0 Å². The van der Waals surface area contributed by atoms with Gasteiger partial charge in [-0.1, -0.05) is 11.6 Å². The molecule has 0 saturated carbocycles. The molecule has 0 unspecified atom stereocenters. The first-order valence-corrected chi connectivity index (χ1v) is 4.44. The molecule has 0 radical (unpaired) electrons. The van der Waals surface area contributed by atoms with Crippen LogP contribution in [0.3, 0.4) is 0 Å². The van der Waals surface area contributed by atoms with E-state index in [2.05, 4.69) is 0 Å². The highest BCUT2D eigenvalue weighted by molar-refractivity contribution is 14.1. The van der Waals surface area contributed by atoms with Crippen LogP contribution in [0.1, 0.15) is 5.56 Å². The Labute approximate surface area is 82.9 Å². The Morgan fingerprint density at radius 1 is 1.55 bits per heavy atom. The van der Waals surface area contributed by atoms with E-state index in [9.17, 15) is 4.39 Å². The van der Waals surface area contributed by atoms with Crippen molar-refractivity contribution in [1.29, 1.82) is 0 Å². The minimum Gasteiger partial charge on any atom is -0.326 e. The highest BCUT2D eigenvalue weighted by atomic mass is 127. The molecule has 0 aromatic heterocycles. The molecule has 1 aromatic carbocycles. The zero-order valence-corrected chi connectivity index (χ0v) is 8.49. The fraction of sp³-hybridized carbons (Fsp3) is 0.143. The van der Waals surface area contributed by atoms with Crippen LogP contribution in [0.2, 0.25) is 5.02 Å². The Hall–Kier alpha value is 0.130. The second kappa shape index (κ2) is 3.69. The summed E-state index contributed by atoms with van der Waals surface area (Å²) in [6.07, 6.45) is 0. The quantitative estimate of drug-likeness (QED) is 0.623. The van der Waals surface area contributed by atoms with Crippen molar-refractivity contribution in [2.75, 3.05) is 0 Å². The van der Waals surface area contributed by atoms with Crippen molar-refractivity contribution < 1.29 is 4.39 Å². The van der Waals surface area contributed by atoms with E-state index in [1.165, 1.54) is 12.1 Å². The van der Waals surface area contributed by atoms with Crippen LogP contribution in [0.25, 0.3) is 0 Å². The summed E-state index contributed by atoms with van der Waals surface area (Å²) >= 11 is 7.78. The van der Waals surface area contributed by atoms with E-state index in [4.69, 9.17) is 17.3 Å². The van der Waals surface area contributed by atoms with Gasteiger partial charge < -0.3 is 5.73 Å². The Balaban J connectivity index is 3.24. The van der Waals surface area contributed by atoms with Crippen LogP contribution >= 0.6 is 34.2 Å². The SMILES string of the molecule is NCc1cc(F)cc(I)c1Cl. The minimum atomic E-state index is -0.292. The fourth-order valence-corrected chi connectivity index (χ4v) is 1.59. The van der Waals surface area contributed by atoms with Gasteiger partial charge in [0, 0.05) is 10.1 Å². The second-order valence-corrected chi connectivity index (χ2v) is 3.60. The van der Waals surface area contributed by atoms with Crippen molar-refractivity contribution in [2.45, 2.75) is 6.54 Å². The molecule has 0 heterocycles. The summed E-state index contributed by atoms with van der Waals surface area (Å²) in [6, 6.07) is 2.73. The summed E-state index contributed by atoms with van der Waals surface area (Å²) in [5.74, 6) is -0.292. The molecule has 0 spiro atoms. The highest BCUT2D eigenvalue weighted by Crippen LogP contribution is 2.23. The van der Waals surface area contributed by atoms with Crippen LogP contribution in [0.4, 0.5) is 4.39 Å². The third-order valence-electron chi connectivity index (χ3n) is 1.29. The summed E-state index contributed by atoms with van der Waals surface area (Å²) in [4.78, 5) is 0. The van der Waals surface area contributed by atoms with E-state index in [0.29, 0.717) is 14.2 Å². The maximum atomic E-state index is 12.7. The van der Waals surface area contributed by atoms with Gasteiger partial charge >= 0.3 is 0 Å². The predicted molar refractivity (Wildman–Crippen MR) is 52.0 cm³/mol. The van der Waals surface area contributed by atoms with E-state index in [1.54, 1.807) is 0 Å². The molecule has 0 bridgehead atoms. The predicted octanol–water partition coefficient (Wildman–Crippen LogP) is 2.54. The number of nitrogens with two attached hydrogens (primary N) is 1.